The second kappa shape index (κ2) is 11.8. The number of carbonyl (C=O) groups excluding carboxylic acids is 3. The van der Waals surface area contributed by atoms with Gasteiger partial charge in [-0.15, -0.1) is 0 Å². The van der Waals surface area contributed by atoms with Gasteiger partial charge in [-0.3, -0.25) is 14.4 Å². The minimum atomic E-state index is -0.442. The molecule has 0 N–H and O–H groups in total. The Kier molecular flexibility index (Phi) is 9.15. The molecule has 0 bridgehead atoms. The summed E-state index contributed by atoms with van der Waals surface area (Å²) < 4.78 is 5.91. The van der Waals surface area contributed by atoms with Gasteiger partial charge in [0.05, 0.1) is 12.2 Å². The van der Waals surface area contributed by atoms with Crippen LogP contribution in [0.4, 0.5) is 0 Å². The molecule has 0 aromatic heterocycles. The molecule has 2 atom stereocenters. The van der Waals surface area contributed by atoms with E-state index in [4.69, 9.17) is 4.74 Å². The predicted molar refractivity (Wildman–Crippen MR) is 150 cm³/mol. The maximum absolute atomic E-state index is 13.8. The number of carbonyl (C=O) groups is 3. The molecule has 1 fully saturated rings. The summed E-state index contributed by atoms with van der Waals surface area (Å²) in [5.41, 5.74) is 3.42. The van der Waals surface area contributed by atoms with Crippen molar-refractivity contribution in [3.05, 3.63) is 64.7 Å². The van der Waals surface area contributed by atoms with Crippen molar-refractivity contribution < 1.29 is 19.1 Å². The third-order valence-corrected chi connectivity index (χ3v) is 8.61. The van der Waals surface area contributed by atoms with Gasteiger partial charge in [0.15, 0.2) is 5.78 Å². The molecule has 1 unspecified atom stereocenters. The molecular formula is C33H44O4. The van der Waals surface area contributed by atoms with Gasteiger partial charge >= 0.3 is 0 Å². The SMILES string of the molecule is CCOc1c(C(C)=O)ccc([C@@H](C)C(CCCC(C)(C)c2ccccc2)C(=O)CC2(C(C)=O)CC2)c1C. The van der Waals surface area contributed by atoms with Crippen molar-refractivity contribution in [2.75, 3.05) is 6.61 Å². The molecule has 0 saturated heterocycles. The van der Waals surface area contributed by atoms with Gasteiger partial charge in [-0.2, -0.15) is 0 Å². The monoisotopic (exact) mass is 504 g/mol. The first kappa shape index (κ1) is 28.8. The van der Waals surface area contributed by atoms with Gasteiger partial charge in [-0.1, -0.05) is 63.6 Å². The van der Waals surface area contributed by atoms with Crippen LogP contribution in [-0.4, -0.2) is 24.0 Å². The number of ketones is 3. The van der Waals surface area contributed by atoms with E-state index >= 15 is 0 Å². The van der Waals surface area contributed by atoms with Crippen LogP contribution in [0.25, 0.3) is 0 Å². The van der Waals surface area contributed by atoms with Crippen LogP contribution in [-0.2, 0) is 15.0 Å². The lowest BCUT2D eigenvalue weighted by Gasteiger charge is -2.30. The summed E-state index contributed by atoms with van der Waals surface area (Å²) in [4.78, 5) is 38.3. The molecule has 3 rings (SSSR count). The smallest absolute Gasteiger partial charge is 0.163 e. The van der Waals surface area contributed by atoms with E-state index in [0.29, 0.717) is 24.3 Å². The van der Waals surface area contributed by atoms with Crippen LogP contribution in [0.5, 0.6) is 5.75 Å². The Labute approximate surface area is 223 Å². The number of hydrogen-bond donors (Lipinski definition) is 0. The zero-order valence-electron chi connectivity index (χ0n) is 23.8. The van der Waals surface area contributed by atoms with Crippen molar-refractivity contribution in [1.29, 1.82) is 0 Å². The zero-order valence-corrected chi connectivity index (χ0v) is 23.8. The van der Waals surface area contributed by atoms with Crippen molar-refractivity contribution in [1.82, 2.24) is 0 Å². The highest BCUT2D eigenvalue weighted by molar-refractivity contribution is 5.97. The standard InChI is InChI=1S/C33H44O4/c1-8-37-31-23(3)27(16-17-29(31)24(4)34)22(2)28(30(36)21-33(19-20-33)25(5)35)15-12-18-32(6,7)26-13-10-9-11-14-26/h9-11,13-14,16-17,22,28H,8,12,15,18-21H2,1-7H3/t22-,28?/m1/s1. The van der Waals surface area contributed by atoms with Gasteiger partial charge in [-0.25, -0.2) is 0 Å². The number of rotatable bonds is 14. The Morgan fingerprint density at radius 3 is 2.22 bits per heavy atom. The van der Waals surface area contributed by atoms with Crippen molar-refractivity contribution in [2.24, 2.45) is 11.3 Å². The van der Waals surface area contributed by atoms with Crippen LogP contribution in [0.3, 0.4) is 0 Å². The van der Waals surface area contributed by atoms with E-state index in [1.165, 1.54) is 5.56 Å². The Morgan fingerprint density at radius 1 is 1.03 bits per heavy atom. The van der Waals surface area contributed by atoms with E-state index in [1.807, 2.05) is 32.0 Å². The van der Waals surface area contributed by atoms with Gasteiger partial charge in [0.2, 0.25) is 0 Å². The summed E-state index contributed by atoms with van der Waals surface area (Å²) in [5.74, 6) is 0.677. The number of ether oxygens (including phenoxy) is 1. The van der Waals surface area contributed by atoms with Crippen LogP contribution < -0.4 is 4.74 Å². The highest BCUT2D eigenvalue weighted by atomic mass is 16.5. The third-order valence-electron chi connectivity index (χ3n) is 8.61. The fraction of sp³-hybridized carbons (Fsp3) is 0.545. The summed E-state index contributed by atoms with van der Waals surface area (Å²) in [6.07, 6.45) is 4.62. The fourth-order valence-corrected chi connectivity index (χ4v) is 5.78. The van der Waals surface area contributed by atoms with Crippen molar-refractivity contribution in [3.8, 4) is 5.75 Å². The highest BCUT2D eigenvalue weighted by Crippen LogP contribution is 2.51. The molecule has 0 radical (unpaired) electrons. The summed E-state index contributed by atoms with van der Waals surface area (Å²) in [5, 5.41) is 0. The molecule has 37 heavy (non-hydrogen) atoms. The molecule has 200 valence electrons. The molecule has 0 spiro atoms. The lowest BCUT2D eigenvalue weighted by molar-refractivity contribution is -0.130. The second-order valence-electron chi connectivity index (χ2n) is 11.7. The molecule has 2 aromatic carbocycles. The van der Waals surface area contributed by atoms with Gasteiger partial charge in [0.25, 0.3) is 0 Å². The molecule has 0 amide bonds. The van der Waals surface area contributed by atoms with Crippen LogP contribution in [0.15, 0.2) is 42.5 Å². The number of hydrogen-bond acceptors (Lipinski definition) is 4. The average Bonchev–Trinajstić information content (AvgIpc) is 3.64. The van der Waals surface area contributed by atoms with Gasteiger partial charge in [0, 0.05) is 17.8 Å². The van der Waals surface area contributed by atoms with Crippen LogP contribution in [0.2, 0.25) is 0 Å². The average molecular weight is 505 g/mol. The van der Waals surface area contributed by atoms with Gasteiger partial charge in [0.1, 0.15) is 17.3 Å². The van der Waals surface area contributed by atoms with E-state index in [9.17, 15) is 14.4 Å². The Bertz CT molecular complexity index is 1120. The van der Waals surface area contributed by atoms with Crippen LogP contribution >= 0.6 is 0 Å². The summed E-state index contributed by atoms with van der Waals surface area (Å²) in [6, 6.07) is 14.4. The maximum atomic E-state index is 13.8. The summed E-state index contributed by atoms with van der Waals surface area (Å²) >= 11 is 0. The van der Waals surface area contributed by atoms with Crippen molar-refractivity contribution >= 4 is 17.3 Å². The number of benzene rings is 2. The second-order valence-corrected chi connectivity index (χ2v) is 11.7. The molecule has 4 heteroatoms. The molecule has 1 saturated carbocycles. The van der Waals surface area contributed by atoms with E-state index in [1.54, 1.807) is 13.8 Å². The Balaban J connectivity index is 1.88. The molecule has 0 aliphatic heterocycles. The Hall–Kier alpha value is -2.75. The number of Topliss-reactive ketones (excluding diaryl/α,β-unsaturated/α-hetero) is 3. The Morgan fingerprint density at radius 2 is 1.68 bits per heavy atom. The molecule has 1 aliphatic carbocycles. The molecule has 2 aromatic rings. The minimum Gasteiger partial charge on any atom is -0.493 e. The summed E-state index contributed by atoms with van der Waals surface area (Å²) in [6.45, 7) is 14.2. The normalized spacial score (nSPS) is 16.1. The maximum Gasteiger partial charge on any atom is 0.163 e. The molecule has 0 heterocycles. The van der Waals surface area contributed by atoms with E-state index in [0.717, 1.165) is 43.2 Å². The first-order chi connectivity index (χ1) is 17.4. The fourth-order valence-electron chi connectivity index (χ4n) is 5.78. The van der Waals surface area contributed by atoms with Crippen LogP contribution in [0, 0.1) is 18.3 Å². The lowest BCUT2D eigenvalue weighted by atomic mass is 9.74. The molecule has 4 nitrogen and oxygen atoms in total. The highest BCUT2D eigenvalue weighted by Gasteiger charge is 2.49. The zero-order chi connectivity index (χ0) is 27.4. The van der Waals surface area contributed by atoms with Crippen molar-refractivity contribution in [2.45, 2.75) is 98.3 Å². The molecular weight excluding hydrogens is 460 g/mol. The van der Waals surface area contributed by atoms with Crippen LogP contribution in [0.1, 0.15) is 113 Å². The van der Waals surface area contributed by atoms with Crippen molar-refractivity contribution in [3.63, 3.8) is 0 Å². The molecule has 1 aliphatic rings. The third kappa shape index (κ3) is 6.58. The van der Waals surface area contributed by atoms with E-state index < -0.39 is 5.41 Å². The summed E-state index contributed by atoms with van der Waals surface area (Å²) in [7, 11) is 0. The minimum absolute atomic E-state index is 0.0103. The predicted octanol–water partition coefficient (Wildman–Crippen LogP) is 7.79. The first-order valence-electron chi connectivity index (χ1n) is 13.8. The van der Waals surface area contributed by atoms with E-state index in [2.05, 4.69) is 45.0 Å². The largest absolute Gasteiger partial charge is 0.493 e. The first-order valence-corrected chi connectivity index (χ1v) is 13.8. The van der Waals surface area contributed by atoms with E-state index in [-0.39, 0.29) is 34.6 Å². The topological polar surface area (TPSA) is 60.4 Å². The van der Waals surface area contributed by atoms with Gasteiger partial charge < -0.3 is 4.74 Å². The van der Waals surface area contributed by atoms with Gasteiger partial charge in [-0.05, 0) is 87.5 Å². The lowest BCUT2D eigenvalue weighted by Crippen LogP contribution is -2.27. The quantitative estimate of drug-likeness (QED) is 0.246.